The minimum absolute atomic E-state index is 0.236. The van der Waals surface area contributed by atoms with Gasteiger partial charge in [-0.2, -0.15) is 0 Å². The number of likely N-dealkylation sites (N-methyl/N-ethyl adjacent to an activating group) is 1. The molecule has 1 unspecified atom stereocenters. The molecule has 1 aliphatic rings. The topological polar surface area (TPSA) is 35.6 Å². The Bertz CT molecular complexity index is 206. The van der Waals surface area contributed by atoms with E-state index in [0.717, 1.165) is 19.5 Å². The first-order chi connectivity index (χ1) is 7.13. The maximum atomic E-state index is 11.3. The molecule has 1 atom stereocenters. The van der Waals surface area contributed by atoms with Gasteiger partial charge < -0.3 is 15.1 Å². The van der Waals surface area contributed by atoms with Crippen LogP contribution in [0.3, 0.4) is 0 Å². The molecule has 1 amide bonds. The van der Waals surface area contributed by atoms with Crippen LogP contribution in [0.25, 0.3) is 0 Å². The molecule has 1 N–H and O–H groups in total. The van der Waals surface area contributed by atoms with Crippen molar-refractivity contribution in [3.63, 3.8) is 0 Å². The number of hydrogen-bond donors (Lipinski definition) is 1. The summed E-state index contributed by atoms with van der Waals surface area (Å²) in [5, 5.41) is 3.29. The first-order valence-corrected chi connectivity index (χ1v) is 5.73. The Morgan fingerprint density at radius 2 is 2.27 bits per heavy atom. The van der Waals surface area contributed by atoms with Crippen molar-refractivity contribution in [2.45, 2.75) is 25.3 Å². The van der Waals surface area contributed by atoms with E-state index in [4.69, 9.17) is 0 Å². The first-order valence-electron chi connectivity index (χ1n) is 5.73. The highest BCUT2D eigenvalue weighted by Crippen LogP contribution is 2.09. The lowest BCUT2D eigenvalue weighted by Gasteiger charge is -2.16. The number of rotatable bonds is 5. The SMILES string of the molecule is CNC1CCN(CCCC(=O)N(C)C)C1. The minimum atomic E-state index is 0.236. The maximum Gasteiger partial charge on any atom is 0.222 e. The molecule has 0 radical (unpaired) electrons. The van der Waals surface area contributed by atoms with E-state index in [0.29, 0.717) is 12.5 Å². The number of hydrogen-bond acceptors (Lipinski definition) is 3. The van der Waals surface area contributed by atoms with Gasteiger partial charge >= 0.3 is 0 Å². The molecule has 1 heterocycles. The summed E-state index contributed by atoms with van der Waals surface area (Å²) in [5.74, 6) is 0.236. The van der Waals surface area contributed by atoms with Crippen LogP contribution in [0.5, 0.6) is 0 Å². The van der Waals surface area contributed by atoms with Gasteiger partial charge in [0.15, 0.2) is 0 Å². The van der Waals surface area contributed by atoms with Crippen LogP contribution in [0.15, 0.2) is 0 Å². The minimum Gasteiger partial charge on any atom is -0.349 e. The third kappa shape index (κ3) is 4.18. The first kappa shape index (κ1) is 12.5. The fourth-order valence-corrected chi connectivity index (χ4v) is 1.95. The van der Waals surface area contributed by atoms with E-state index in [1.165, 1.54) is 13.0 Å². The molecule has 0 spiro atoms. The Balaban J connectivity index is 2.09. The molecule has 1 saturated heterocycles. The summed E-state index contributed by atoms with van der Waals surface area (Å²) in [5.41, 5.74) is 0. The molecule has 0 bridgehead atoms. The molecule has 0 aromatic rings. The van der Waals surface area contributed by atoms with Crippen LogP contribution < -0.4 is 5.32 Å². The maximum absolute atomic E-state index is 11.3. The number of likely N-dealkylation sites (tertiary alicyclic amines) is 1. The molecule has 0 aliphatic carbocycles. The van der Waals surface area contributed by atoms with Crippen molar-refractivity contribution in [2.24, 2.45) is 0 Å². The van der Waals surface area contributed by atoms with Gasteiger partial charge in [0.2, 0.25) is 5.91 Å². The largest absolute Gasteiger partial charge is 0.349 e. The Labute approximate surface area is 92.6 Å². The van der Waals surface area contributed by atoms with E-state index in [-0.39, 0.29) is 5.91 Å². The average molecular weight is 213 g/mol. The molecule has 4 heteroatoms. The summed E-state index contributed by atoms with van der Waals surface area (Å²) in [6, 6.07) is 0.648. The lowest BCUT2D eigenvalue weighted by atomic mass is 10.2. The summed E-state index contributed by atoms with van der Waals surface area (Å²) >= 11 is 0. The Morgan fingerprint density at radius 1 is 1.53 bits per heavy atom. The standard InChI is InChI=1S/C11H23N3O/c1-12-10-6-8-14(9-10)7-4-5-11(15)13(2)3/h10,12H,4-9H2,1-3H3. The molecule has 1 fully saturated rings. The summed E-state index contributed by atoms with van der Waals surface area (Å²) in [4.78, 5) is 15.4. The number of nitrogens with zero attached hydrogens (tertiary/aromatic N) is 2. The number of carbonyl (C=O) groups is 1. The molecule has 0 aromatic heterocycles. The van der Waals surface area contributed by atoms with E-state index >= 15 is 0 Å². The van der Waals surface area contributed by atoms with Crippen LogP contribution in [0.1, 0.15) is 19.3 Å². The van der Waals surface area contributed by atoms with Crippen molar-refractivity contribution in [1.29, 1.82) is 0 Å². The lowest BCUT2D eigenvalue weighted by Crippen LogP contribution is -2.30. The molecular weight excluding hydrogens is 190 g/mol. The smallest absolute Gasteiger partial charge is 0.222 e. The Kier molecular flexibility index (Phi) is 5.05. The van der Waals surface area contributed by atoms with Crippen molar-refractivity contribution >= 4 is 5.91 Å². The van der Waals surface area contributed by atoms with E-state index in [2.05, 4.69) is 10.2 Å². The monoisotopic (exact) mass is 213 g/mol. The zero-order valence-corrected chi connectivity index (χ0v) is 10.1. The van der Waals surface area contributed by atoms with E-state index in [1.54, 1.807) is 4.90 Å². The highest BCUT2D eigenvalue weighted by molar-refractivity contribution is 5.75. The summed E-state index contributed by atoms with van der Waals surface area (Å²) in [7, 11) is 5.65. The second kappa shape index (κ2) is 6.08. The molecule has 4 nitrogen and oxygen atoms in total. The van der Waals surface area contributed by atoms with E-state index in [9.17, 15) is 4.79 Å². The van der Waals surface area contributed by atoms with Gasteiger partial charge in [0.25, 0.3) is 0 Å². The van der Waals surface area contributed by atoms with E-state index in [1.807, 2.05) is 21.1 Å². The van der Waals surface area contributed by atoms with Crippen molar-refractivity contribution in [2.75, 3.05) is 40.8 Å². The Hall–Kier alpha value is -0.610. The van der Waals surface area contributed by atoms with Crippen LogP contribution in [0, 0.1) is 0 Å². The second-order valence-corrected chi connectivity index (χ2v) is 4.47. The fraction of sp³-hybridized carbons (Fsp3) is 0.909. The Morgan fingerprint density at radius 3 is 2.80 bits per heavy atom. The third-order valence-corrected chi connectivity index (χ3v) is 3.04. The van der Waals surface area contributed by atoms with Crippen LogP contribution >= 0.6 is 0 Å². The average Bonchev–Trinajstić information content (AvgIpc) is 2.65. The normalized spacial score (nSPS) is 21.9. The van der Waals surface area contributed by atoms with Crippen LogP contribution in [0.4, 0.5) is 0 Å². The van der Waals surface area contributed by atoms with Gasteiger partial charge in [-0.3, -0.25) is 4.79 Å². The predicted molar refractivity (Wildman–Crippen MR) is 61.8 cm³/mol. The van der Waals surface area contributed by atoms with Gasteiger partial charge in [-0.25, -0.2) is 0 Å². The van der Waals surface area contributed by atoms with Gasteiger partial charge in [0, 0.05) is 33.1 Å². The molecule has 1 aliphatic heterocycles. The van der Waals surface area contributed by atoms with Crippen LogP contribution in [-0.2, 0) is 4.79 Å². The molecule has 1 rings (SSSR count). The molecule has 15 heavy (non-hydrogen) atoms. The molecule has 0 aromatic carbocycles. The van der Waals surface area contributed by atoms with Crippen LogP contribution in [-0.4, -0.2) is 62.5 Å². The number of nitrogens with one attached hydrogen (secondary N) is 1. The molecule has 88 valence electrons. The van der Waals surface area contributed by atoms with Crippen molar-refractivity contribution in [3.8, 4) is 0 Å². The molecular formula is C11H23N3O. The van der Waals surface area contributed by atoms with Gasteiger partial charge in [0.05, 0.1) is 0 Å². The van der Waals surface area contributed by atoms with E-state index < -0.39 is 0 Å². The summed E-state index contributed by atoms with van der Waals surface area (Å²) < 4.78 is 0. The van der Waals surface area contributed by atoms with Crippen LogP contribution in [0.2, 0.25) is 0 Å². The predicted octanol–water partition coefficient (Wildman–Crippen LogP) is 0.149. The summed E-state index contributed by atoms with van der Waals surface area (Å²) in [6.07, 6.45) is 2.89. The van der Waals surface area contributed by atoms with Crippen molar-refractivity contribution in [1.82, 2.24) is 15.1 Å². The van der Waals surface area contributed by atoms with Crippen molar-refractivity contribution < 1.29 is 4.79 Å². The molecule has 0 saturated carbocycles. The number of carbonyl (C=O) groups excluding carboxylic acids is 1. The van der Waals surface area contributed by atoms with Gasteiger partial charge in [0.1, 0.15) is 0 Å². The highest BCUT2D eigenvalue weighted by atomic mass is 16.2. The quantitative estimate of drug-likeness (QED) is 0.706. The van der Waals surface area contributed by atoms with Gasteiger partial charge in [-0.1, -0.05) is 0 Å². The lowest BCUT2D eigenvalue weighted by molar-refractivity contribution is -0.128. The fourth-order valence-electron chi connectivity index (χ4n) is 1.95. The third-order valence-electron chi connectivity index (χ3n) is 3.04. The zero-order valence-electron chi connectivity index (χ0n) is 10.1. The van der Waals surface area contributed by atoms with Crippen molar-refractivity contribution in [3.05, 3.63) is 0 Å². The number of amides is 1. The van der Waals surface area contributed by atoms with Gasteiger partial charge in [-0.15, -0.1) is 0 Å². The van der Waals surface area contributed by atoms with Gasteiger partial charge in [-0.05, 0) is 33.0 Å². The second-order valence-electron chi connectivity index (χ2n) is 4.47. The highest BCUT2D eigenvalue weighted by Gasteiger charge is 2.20. The summed E-state index contributed by atoms with van der Waals surface area (Å²) in [6.45, 7) is 3.35. The zero-order chi connectivity index (χ0) is 11.3.